The van der Waals surface area contributed by atoms with E-state index in [9.17, 15) is 9.59 Å². The van der Waals surface area contributed by atoms with E-state index in [2.05, 4.69) is 15.5 Å². The van der Waals surface area contributed by atoms with E-state index in [-0.39, 0.29) is 24.3 Å². The summed E-state index contributed by atoms with van der Waals surface area (Å²) in [7, 11) is 0. The molecule has 25 heavy (non-hydrogen) atoms. The van der Waals surface area contributed by atoms with Crippen molar-refractivity contribution in [3.05, 3.63) is 41.7 Å². The summed E-state index contributed by atoms with van der Waals surface area (Å²) in [5, 5.41) is 11.0. The molecule has 0 unspecified atom stereocenters. The lowest BCUT2D eigenvalue weighted by Gasteiger charge is -2.10. The van der Waals surface area contributed by atoms with Gasteiger partial charge in [-0.15, -0.1) is 5.10 Å². The molecule has 132 valence electrons. The van der Waals surface area contributed by atoms with Crippen LogP contribution >= 0.6 is 0 Å². The standard InChI is InChI=1S/C17H20N4O4/c1-12-16(20-21(19-12)13-6-3-2-4-7-13)17(23)25-11-15(22)18-10-14-8-5-9-24-14/h2-4,6-7,14H,5,8-11H2,1H3,(H,18,22)/t14-/m0/s1. The van der Waals surface area contributed by atoms with Gasteiger partial charge in [-0.05, 0) is 31.9 Å². The fourth-order valence-electron chi connectivity index (χ4n) is 2.53. The highest BCUT2D eigenvalue weighted by atomic mass is 16.5. The van der Waals surface area contributed by atoms with Gasteiger partial charge in [0.05, 0.1) is 17.5 Å². The molecular weight excluding hydrogens is 324 g/mol. The van der Waals surface area contributed by atoms with Gasteiger partial charge in [0, 0.05) is 13.2 Å². The first kappa shape index (κ1) is 17.1. The molecule has 0 radical (unpaired) electrons. The van der Waals surface area contributed by atoms with E-state index in [1.807, 2.05) is 30.3 Å². The Morgan fingerprint density at radius 1 is 1.32 bits per heavy atom. The minimum Gasteiger partial charge on any atom is -0.451 e. The lowest BCUT2D eigenvalue weighted by atomic mass is 10.2. The molecule has 0 saturated carbocycles. The normalized spacial score (nSPS) is 16.6. The van der Waals surface area contributed by atoms with E-state index in [1.54, 1.807) is 6.92 Å². The van der Waals surface area contributed by atoms with Crippen molar-refractivity contribution in [2.45, 2.75) is 25.9 Å². The summed E-state index contributed by atoms with van der Waals surface area (Å²) in [4.78, 5) is 25.3. The smallest absolute Gasteiger partial charge is 0.361 e. The van der Waals surface area contributed by atoms with Crippen LogP contribution in [-0.4, -0.2) is 52.7 Å². The van der Waals surface area contributed by atoms with Crippen LogP contribution in [0.25, 0.3) is 5.69 Å². The van der Waals surface area contributed by atoms with Crippen molar-refractivity contribution < 1.29 is 19.1 Å². The number of ether oxygens (including phenoxy) is 2. The predicted molar refractivity (Wildman–Crippen MR) is 88.4 cm³/mol. The van der Waals surface area contributed by atoms with E-state index in [1.165, 1.54) is 4.80 Å². The predicted octanol–water partition coefficient (Wildman–Crippen LogP) is 1.03. The number of carbonyl (C=O) groups excluding carboxylic acids is 2. The van der Waals surface area contributed by atoms with Crippen LogP contribution in [0.4, 0.5) is 0 Å². The number of esters is 1. The molecule has 1 aliphatic heterocycles. The van der Waals surface area contributed by atoms with Crippen molar-refractivity contribution in [3.8, 4) is 5.69 Å². The van der Waals surface area contributed by atoms with Crippen molar-refractivity contribution in [2.75, 3.05) is 19.8 Å². The Morgan fingerprint density at radius 2 is 2.12 bits per heavy atom. The summed E-state index contributed by atoms with van der Waals surface area (Å²) in [5.74, 6) is -1.04. The van der Waals surface area contributed by atoms with Crippen molar-refractivity contribution in [1.29, 1.82) is 0 Å². The number of hydrogen-bond donors (Lipinski definition) is 1. The van der Waals surface area contributed by atoms with Gasteiger partial charge < -0.3 is 14.8 Å². The number of aromatic nitrogens is 3. The molecule has 0 bridgehead atoms. The van der Waals surface area contributed by atoms with Crippen LogP contribution in [0.2, 0.25) is 0 Å². The second kappa shape index (κ2) is 7.89. The minimum atomic E-state index is -0.674. The van der Waals surface area contributed by atoms with Gasteiger partial charge in [0.1, 0.15) is 0 Å². The molecule has 8 nitrogen and oxygen atoms in total. The molecule has 2 heterocycles. The lowest BCUT2D eigenvalue weighted by Crippen LogP contribution is -2.34. The monoisotopic (exact) mass is 344 g/mol. The number of rotatable bonds is 6. The Balaban J connectivity index is 1.52. The summed E-state index contributed by atoms with van der Waals surface area (Å²) in [6.07, 6.45) is 1.99. The Bertz CT molecular complexity index is 738. The highest BCUT2D eigenvalue weighted by molar-refractivity contribution is 5.90. The van der Waals surface area contributed by atoms with Crippen molar-refractivity contribution in [1.82, 2.24) is 20.3 Å². The van der Waals surface area contributed by atoms with Crippen LogP contribution in [0.5, 0.6) is 0 Å². The maximum atomic E-state index is 12.1. The molecule has 0 aliphatic carbocycles. The van der Waals surface area contributed by atoms with Crippen LogP contribution < -0.4 is 5.32 Å². The second-order valence-electron chi connectivity index (χ2n) is 5.77. The summed E-state index contributed by atoms with van der Waals surface area (Å²) in [5.41, 5.74) is 1.27. The minimum absolute atomic E-state index is 0.0488. The Hall–Kier alpha value is -2.74. The number of aryl methyl sites for hydroxylation is 1. The third kappa shape index (κ3) is 4.42. The number of hydrogen-bond acceptors (Lipinski definition) is 6. The first-order chi connectivity index (χ1) is 12.1. The number of para-hydroxylation sites is 1. The quantitative estimate of drug-likeness (QED) is 0.787. The summed E-state index contributed by atoms with van der Waals surface area (Å²) in [6.45, 7) is 2.47. The highest BCUT2D eigenvalue weighted by Gasteiger charge is 2.20. The molecule has 1 aliphatic rings. The van der Waals surface area contributed by atoms with Crippen molar-refractivity contribution in [3.63, 3.8) is 0 Å². The number of carbonyl (C=O) groups is 2. The van der Waals surface area contributed by atoms with Crippen LogP contribution in [0.15, 0.2) is 30.3 Å². The number of amides is 1. The van der Waals surface area contributed by atoms with Gasteiger partial charge in [0.2, 0.25) is 0 Å². The fraction of sp³-hybridized carbons (Fsp3) is 0.412. The Labute approximate surface area is 145 Å². The zero-order valence-electron chi connectivity index (χ0n) is 14.0. The van der Waals surface area contributed by atoms with E-state index >= 15 is 0 Å². The topological polar surface area (TPSA) is 95.3 Å². The van der Waals surface area contributed by atoms with E-state index < -0.39 is 5.97 Å². The molecule has 3 rings (SSSR count). The molecule has 1 fully saturated rings. The van der Waals surface area contributed by atoms with Gasteiger partial charge in [-0.3, -0.25) is 4.79 Å². The summed E-state index contributed by atoms with van der Waals surface area (Å²) in [6, 6.07) is 9.24. The zero-order valence-corrected chi connectivity index (χ0v) is 14.0. The maximum absolute atomic E-state index is 12.1. The molecule has 1 atom stereocenters. The number of nitrogens with zero attached hydrogens (tertiary/aromatic N) is 3. The van der Waals surface area contributed by atoms with E-state index in [4.69, 9.17) is 9.47 Å². The van der Waals surface area contributed by atoms with Gasteiger partial charge >= 0.3 is 5.97 Å². The second-order valence-corrected chi connectivity index (χ2v) is 5.77. The molecule has 8 heteroatoms. The summed E-state index contributed by atoms with van der Waals surface area (Å²) < 4.78 is 10.4. The van der Waals surface area contributed by atoms with E-state index in [0.717, 1.165) is 25.1 Å². The third-order valence-electron chi connectivity index (χ3n) is 3.85. The molecule has 1 saturated heterocycles. The van der Waals surface area contributed by atoms with Crippen LogP contribution in [0.3, 0.4) is 0 Å². The van der Waals surface area contributed by atoms with Gasteiger partial charge in [-0.2, -0.15) is 9.90 Å². The number of benzene rings is 1. The zero-order chi connectivity index (χ0) is 17.6. The highest BCUT2D eigenvalue weighted by Crippen LogP contribution is 2.11. The van der Waals surface area contributed by atoms with Gasteiger partial charge in [-0.1, -0.05) is 18.2 Å². The molecule has 1 amide bonds. The maximum Gasteiger partial charge on any atom is 0.361 e. The van der Waals surface area contributed by atoms with Crippen LogP contribution in [0, 0.1) is 6.92 Å². The lowest BCUT2D eigenvalue weighted by molar-refractivity contribution is -0.124. The van der Waals surface area contributed by atoms with Gasteiger partial charge in [0.15, 0.2) is 12.3 Å². The molecule has 1 aromatic heterocycles. The van der Waals surface area contributed by atoms with Crippen LogP contribution in [-0.2, 0) is 14.3 Å². The average molecular weight is 344 g/mol. The molecule has 1 N–H and O–H groups in total. The van der Waals surface area contributed by atoms with Crippen LogP contribution in [0.1, 0.15) is 29.0 Å². The third-order valence-corrected chi connectivity index (χ3v) is 3.85. The van der Waals surface area contributed by atoms with Gasteiger partial charge in [-0.25, -0.2) is 4.79 Å². The first-order valence-electron chi connectivity index (χ1n) is 8.18. The molecular formula is C17H20N4O4. The van der Waals surface area contributed by atoms with Crippen molar-refractivity contribution >= 4 is 11.9 Å². The molecule has 0 spiro atoms. The number of nitrogens with one attached hydrogen (secondary N) is 1. The SMILES string of the molecule is Cc1nn(-c2ccccc2)nc1C(=O)OCC(=O)NC[C@@H]1CCCO1. The molecule has 2 aromatic rings. The Morgan fingerprint density at radius 3 is 2.84 bits per heavy atom. The van der Waals surface area contributed by atoms with Crippen molar-refractivity contribution in [2.24, 2.45) is 0 Å². The first-order valence-corrected chi connectivity index (χ1v) is 8.18. The van der Waals surface area contributed by atoms with E-state index in [0.29, 0.717) is 12.2 Å². The molecule has 1 aromatic carbocycles. The largest absolute Gasteiger partial charge is 0.451 e. The average Bonchev–Trinajstić information content (AvgIpc) is 3.28. The fourth-order valence-corrected chi connectivity index (χ4v) is 2.53. The van der Waals surface area contributed by atoms with Gasteiger partial charge in [0.25, 0.3) is 5.91 Å². The Kier molecular flexibility index (Phi) is 5.39. The summed E-state index contributed by atoms with van der Waals surface area (Å²) >= 11 is 0.